The Hall–Kier alpha value is -2.78. The summed E-state index contributed by atoms with van der Waals surface area (Å²) in [5.74, 6) is 1.08. The Bertz CT molecular complexity index is 828. The highest BCUT2D eigenvalue weighted by Crippen LogP contribution is 2.24. The Kier molecular flexibility index (Phi) is 7.72. The van der Waals surface area contributed by atoms with Crippen LogP contribution in [0.2, 0.25) is 0 Å². The minimum Gasteiger partial charge on any atom is -0.496 e. The topological polar surface area (TPSA) is 71.3 Å². The van der Waals surface area contributed by atoms with Crippen molar-refractivity contribution in [2.24, 2.45) is 0 Å². The molecule has 0 fully saturated rings. The van der Waals surface area contributed by atoms with E-state index in [1.165, 1.54) is 6.08 Å². The van der Waals surface area contributed by atoms with Gasteiger partial charge in [0.15, 0.2) is 0 Å². The van der Waals surface area contributed by atoms with Crippen molar-refractivity contribution in [1.29, 1.82) is 5.26 Å². The van der Waals surface area contributed by atoms with Gasteiger partial charge in [0.05, 0.1) is 19.8 Å². The van der Waals surface area contributed by atoms with Crippen molar-refractivity contribution in [1.82, 2.24) is 0 Å². The van der Waals surface area contributed by atoms with Crippen molar-refractivity contribution < 1.29 is 14.3 Å². The van der Waals surface area contributed by atoms with Crippen LogP contribution in [0.5, 0.6) is 11.5 Å². The number of methoxy groups -OCH3 is 1. The molecule has 2 aromatic carbocycles. The molecule has 0 unspecified atom stereocenters. The lowest BCUT2D eigenvalue weighted by Gasteiger charge is -2.08. The predicted molar refractivity (Wildman–Crippen MR) is 105 cm³/mol. The molecule has 0 radical (unpaired) electrons. The van der Waals surface area contributed by atoms with E-state index < -0.39 is 0 Å². The van der Waals surface area contributed by atoms with E-state index >= 15 is 0 Å². The zero-order chi connectivity index (χ0) is 18.8. The first-order chi connectivity index (χ1) is 12.6. The molecule has 1 N–H and O–H groups in total. The van der Waals surface area contributed by atoms with Gasteiger partial charge in [-0.25, -0.2) is 0 Å². The minimum atomic E-state index is -0.256. The first-order valence-electron chi connectivity index (χ1n) is 8.05. The Morgan fingerprint density at radius 3 is 2.92 bits per heavy atom. The minimum absolute atomic E-state index is 0.256. The zero-order valence-corrected chi connectivity index (χ0v) is 16.0. The molecule has 6 heteroatoms. The molecular formula is C20H19BrN2O3. The van der Waals surface area contributed by atoms with E-state index in [9.17, 15) is 4.79 Å². The van der Waals surface area contributed by atoms with Gasteiger partial charge in [0.2, 0.25) is 5.91 Å². The van der Waals surface area contributed by atoms with Crippen molar-refractivity contribution >= 4 is 33.6 Å². The number of nitrogens with zero attached hydrogens (tertiary/aromatic N) is 1. The number of anilines is 1. The second kappa shape index (κ2) is 10.3. The molecular weight excluding hydrogens is 396 g/mol. The highest BCUT2D eigenvalue weighted by Gasteiger charge is 2.03. The summed E-state index contributed by atoms with van der Waals surface area (Å²) in [6, 6.07) is 14.8. The zero-order valence-electron chi connectivity index (χ0n) is 14.4. The van der Waals surface area contributed by atoms with Crippen LogP contribution in [-0.2, 0) is 4.79 Å². The van der Waals surface area contributed by atoms with E-state index in [1.54, 1.807) is 31.4 Å². The maximum atomic E-state index is 12.2. The van der Waals surface area contributed by atoms with E-state index in [1.807, 2.05) is 24.3 Å². The summed E-state index contributed by atoms with van der Waals surface area (Å²) >= 11 is 3.40. The first-order valence-corrected chi connectivity index (χ1v) is 8.84. The van der Waals surface area contributed by atoms with Gasteiger partial charge >= 0.3 is 0 Å². The third-order valence-electron chi connectivity index (χ3n) is 3.41. The number of carbonyl (C=O) groups excluding carboxylic acids is 1. The van der Waals surface area contributed by atoms with Crippen LogP contribution in [0.15, 0.2) is 53.0 Å². The fourth-order valence-corrected chi connectivity index (χ4v) is 2.57. The van der Waals surface area contributed by atoms with Gasteiger partial charge < -0.3 is 14.8 Å². The van der Waals surface area contributed by atoms with Gasteiger partial charge in [0, 0.05) is 34.3 Å². The second-order valence-electron chi connectivity index (χ2n) is 5.35. The first kappa shape index (κ1) is 19.5. The normalized spacial score (nSPS) is 10.3. The number of ether oxygens (including phenoxy) is 2. The maximum absolute atomic E-state index is 12.2. The third kappa shape index (κ3) is 6.26. The molecule has 0 aliphatic carbocycles. The number of hydrogen-bond donors (Lipinski definition) is 1. The van der Waals surface area contributed by atoms with Crippen molar-refractivity contribution in [3.63, 3.8) is 0 Å². The SMILES string of the molecule is COc1ccc(Br)cc1/C=C/C(=O)Nc1cccc(OCCCC#N)c1. The van der Waals surface area contributed by atoms with Crippen molar-refractivity contribution in [2.75, 3.05) is 19.0 Å². The molecule has 1 amide bonds. The van der Waals surface area contributed by atoms with Crippen molar-refractivity contribution in [3.8, 4) is 17.6 Å². The lowest BCUT2D eigenvalue weighted by atomic mass is 10.2. The Morgan fingerprint density at radius 1 is 1.31 bits per heavy atom. The van der Waals surface area contributed by atoms with Gasteiger partial charge in [0.25, 0.3) is 0 Å². The van der Waals surface area contributed by atoms with Crippen molar-refractivity contribution in [2.45, 2.75) is 12.8 Å². The molecule has 0 spiro atoms. The highest BCUT2D eigenvalue weighted by atomic mass is 79.9. The van der Waals surface area contributed by atoms with Gasteiger partial charge in [-0.1, -0.05) is 22.0 Å². The molecule has 0 saturated carbocycles. The summed E-state index contributed by atoms with van der Waals surface area (Å²) in [6.45, 7) is 0.466. The highest BCUT2D eigenvalue weighted by molar-refractivity contribution is 9.10. The van der Waals surface area contributed by atoms with Crippen LogP contribution < -0.4 is 14.8 Å². The fraction of sp³-hybridized carbons (Fsp3) is 0.200. The summed E-state index contributed by atoms with van der Waals surface area (Å²) in [6.07, 6.45) is 4.27. The summed E-state index contributed by atoms with van der Waals surface area (Å²) < 4.78 is 11.7. The molecule has 0 heterocycles. The van der Waals surface area contributed by atoms with Gasteiger partial charge in [-0.2, -0.15) is 5.26 Å². The van der Waals surface area contributed by atoms with Crippen molar-refractivity contribution in [3.05, 3.63) is 58.6 Å². The van der Waals surface area contributed by atoms with Crippen LogP contribution in [0, 0.1) is 11.3 Å². The number of unbranched alkanes of at least 4 members (excludes halogenated alkanes) is 1. The monoisotopic (exact) mass is 414 g/mol. The van der Waals surface area contributed by atoms with E-state index in [0.29, 0.717) is 36.6 Å². The van der Waals surface area contributed by atoms with Crippen LogP contribution >= 0.6 is 15.9 Å². The predicted octanol–water partition coefficient (Wildman–Crippen LogP) is 4.79. The largest absolute Gasteiger partial charge is 0.496 e. The maximum Gasteiger partial charge on any atom is 0.248 e. The lowest BCUT2D eigenvalue weighted by Crippen LogP contribution is -2.08. The number of amides is 1. The molecule has 0 atom stereocenters. The standard InChI is InChI=1S/C20H19BrN2O3/c1-25-19-9-8-16(21)13-15(19)7-10-20(24)23-17-5-4-6-18(14-17)26-12-3-2-11-22/h4-10,13-14H,2-3,12H2,1H3,(H,23,24)/b10-7+. The molecule has 5 nitrogen and oxygen atoms in total. The quantitative estimate of drug-likeness (QED) is 0.497. The Labute approximate surface area is 161 Å². The fourth-order valence-electron chi connectivity index (χ4n) is 2.19. The molecule has 0 saturated heterocycles. The molecule has 2 rings (SSSR count). The number of benzene rings is 2. The van der Waals surface area contributed by atoms with E-state index in [2.05, 4.69) is 27.3 Å². The molecule has 0 aromatic heterocycles. The van der Waals surface area contributed by atoms with E-state index in [0.717, 1.165) is 10.0 Å². The van der Waals surface area contributed by atoms with E-state index in [4.69, 9.17) is 14.7 Å². The molecule has 0 aliphatic rings. The van der Waals surface area contributed by atoms with Crippen LogP contribution in [0.3, 0.4) is 0 Å². The molecule has 26 heavy (non-hydrogen) atoms. The lowest BCUT2D eigenvalue weighted by molar-refractivity contribution is -0.111. The molecule has 0 aliphatic heterocycles. The number of nitriles is 1. The summed E-state index contributed by atoms with van der Waals surface area (Å²) in [7, 11) is 1.59. The molecule has 0 bridgehead atoms. The Balaban J connectivity index is 1.97. The average Bonchev–Trinajstić information content (AvgIpc) is 2.64. The Morgan fingerprint density at radius 2 is 2.15 bits per heavy atom. The van der Waals surface area contributed by atoms with Gasteiger partial charge in [-0.3, -0.25) is 4.79 Å². The number of halogens is 1. The van der Waals surface area contributed by atoms with Crippen LogP contribution in [0.25, 0.3) is 6.08 Å². The number of hydrogen-bond acceptors (Lipinski definition) is 4. The third-order valence-corrected chi connectivity index (χ3v) is 3.90. The van der Waals surface area contributed by atoms with Gasteiger partial charge in [-0.15, -0.1) is 0 Å². The molecule has 2 aromatic rings. The van der Waals surface area contributed by atoms with Gasteiger partial charge in [-0.05, 0) is 42.8 Å². The summed E-state index contributed by atoms with van der Waals surface area (Å²) in [5, 5.41) is 11.3. The molecule has 134 valence electrons. The number of rotatable bonds is 8. The number of carbonyl (C=O) groups is 1. The van der Waals surface area contributed by atoms with Gasteiger partial charge in [0.1, 0.15) is 11.5 Å². The van der Waals surface area contributed by atoms with E-state index in [-0.39, 0.29) is 5.91 Å². The average molecular weight is 415 g/mol. The smallest absolute Gasteiger partial charge is 0.248 e. The van der Waals surface area contributed by atoms with Crippen LogP contribution in [0.4, 0.5) is 5.69 Å². The number of nitrogens with one attached hydrogen (secondary N) is 1. The summed E-state index contributed by atoms with van der Waals surface area (Å²) in [5.41, 5.74) is 1.44. The van der Waals surface area contributed by atoms with Crippen LogP contribution in [-0.4, -0.2) is 19.6 Å². The van der Waals surface area contributed by atoms with Crippen LogP contribution in [0.1, 0.15) is 18.4 Å². The summed E-state index contributed by atoms with van der Waals surface area (Å²) in [4.78, 5) is 12.2. The second-order valence-corrected chi connectivity index (χ2v) is 6.26.